The van der Waals surface area contributed by atoms with Crippen molar-refractivity contribution in [3.8, 4) is 5.75 Å². The van der Waals surface area contributed by atoms with Gasteiger partial charge in [0.2, 0.25) is 5.91 Å². The van der Waals surface area contributed by atoms with E-state index in [1.165, 1.54) is 17.7 Å². The average molecular weight is 452 g/mol. The smallest absolute Gasteiger partial charge is 0.270 e. The number of sulfonamides is 1. The lowest BCUT2D eigenvalue weighted by Gasteiger charge is -2.25. The summed E-state index contributed by atoms with van der Waals surface area (Å²) in [6.45, 7) is 6.14. The second-order valence-electron chi connectivity index (χ2n) is 7.64. The van der Waals surface area contributed by atoms with E-state index in [0.717, 1.165) is 27.6 Å². The average Bonchev–Trinajstić information content (AvgIpc) is 2.80. The Bertz CT molecular complexity index is 1160. The lowest BCUT2D eigenvalue weighted by atomic mass is 10.1. The molecule has 5 nitrogen and oxygen atoms in total. The molecule has 0 heterocycles. The number of ether oxygens (including phenoxy) is 1. The Hall–Kier alpha value is -3.12. The molecule has 0 bridgehead atoms. The van der Waals surface area contributed by atoms with Crippen LogP contribution in [0.4, 0.5) is 5.69 Å². The molecular formula is C26H29NO4S. The van der Waals surface area contributed by atoms with E-state index < -0.39 is 15.9 Å². The van der Waals surface area contributed by atoms with E-state index in [9.17, 15) is 13.2 Å². The van der Waals surface area contributed by atoms with Gasteiger partial charge in [0.05, 0.1) is 17.2 Å². The van der Waals surface area contributed by atoms with E-state index in [0.29, 0.717) is 18.7 Å². The van der Waals surface area contributed by atoms with E-state index in [2.05, 4.69) is 6.92 Å². The predicted octanol–water partition coefficient (Wildman–Crippen LogP) is 5.45. The SMILES string of the molecule is CCc1ccc(OCCCC(=O)N(c2cccc(C)c2C)S(=O)(=O)c2ccccc2)cc1. The molecule has 0 radical (unpaired) electrons. The fraction of sp³-hybridized carbons (Fsp3) is 0.269. The summed E-state index contributed by atoms with van der Waals surface area (Å²) in [5.41, 5.74) is 3.28. The third kappa shape index (κ3) is 5.37. The Morgan fingerprint density at radius 1 is 0.906 bits per heavy atom. The van der Waals surface area contributed by atoms with Gasteiger partial charge >= 0.3 is 0 Å². The van der Waals surface area contributed by atoms with Crippen molar-refractivity contribution in [1.29, 1.82) is 0 Å². The van der Waals surface area contributed by atoms with Crippen LogP contribution in [0, 0.1) is 13.8 Å². The van der Waals surface area contributed by atoms with Gasteiger partial charge < -0.3 is 4.74 Å². The molecule has 0 aliphatic heterocycles. The predicted molar refractivity (Wildman–Crippen MR) is 128 cm³/mol. The second kappa shape index (κ2) is 10.5. The second-order valence-corrected chi connectivity index (χ2v) is 9.43. The van der Waals surface area contributed by atoms with Crippen LogP contribution >= 0.6 is 0 Å². The highest BCUT2D eigenvalue weighted by molar-refractivity contribution is 7.93. The van der Waals surface area contributed by atoms with Crippen molar-refractivity contribution in [1.82, 2.24) is 0 Å². The molecule has 6 heteroatoms. The molecule has 0 aromatic heterocycles. The van der Waals surface area contributed by atoms with Crippen LogP contribution in [0.3, 0.4) is 0 Å². The molecule has 0 spiro atoms. The molecule has 32 heavy (non-hydrogen) atoms. The highest BCUT2D eigenvalue weighted by Gasteiger charge is 2.31. The number of carbonyl (C=O) groups excluding carboxylic acids is 1. The molecule has 0 atom stereocenters. The van der Waals surface area contributed by atoms with Crippen LogP contribution in [0.1, 0.15) is 36.5 Å². The van der Waals surface area contributed by atoms with Gasteiger partial charge in [0, 0.05) is 6.42 Å². The summed E-state index contributed by atoms with van der Waals surface area (Å²) >= 11 is 0. The number of rotatable bonds is 9. The van der Waals surface area contributed by atoms with Crippen LogP contribution in [0.5, 0.6) is 5.75 Å². The van der Waals surface area contributed by atoms with Crippen molar-refractivity contribution >= 4 is 21.6 Å². The molecule has 0 fully saturated rings. The van der Waals surface area contributed by atoms with E-state index in [1.54, 1.807) is 30.3 Å². The van der Waals surface area contributed by atoms with E-state index in [-0.39, 0.29) is 11.3 Å². The van der Waals surface area contributed by atoms with Crippen molar-refractivity contribution in [2.45, 2.75) is 44.9 Å². The van der Waals surface area contributed by atoms with Crippen molar-refractivity contribution < 1.29 is 17.9 Å². The fourth-order valence-corrected chi connectivity index (χ4v) is 4.92. The molecule has 0 saturated heterocycles. The molecule has 0 N–H and O–H groups in total. The largest absolute Gasteiger partial charge is 0.494 e. The maximum absolute atomic E-state index is 13.4. The van der Waals surface area contributed by atoms with Gasteiger partial charge in [-0.3, -0.25) is 4.79 Å². The number of aryl methyl sites for hydroxylation is 2. The van der Waals surface area contributed by atoms with Crippen molar-refractivity contribution in [2.24, 2.45) is 0 Å². The van der Waals surface area contributed by atoms with Crippen LogP contribution in [0.25, 0.3) is 0 Å². The molecule has 0 aliphatic carbocycles. The molecule has 0 aliphatic rings. The molecular weight excluding hydrogens is 422 g/mol. The van der Waals surface area contributed by atoms with Gasteiger partial charge in [-0.1, -0.05) is 49.4 Å². The number of nitrogens with zero attached hydrogens (tertiary/aromatic N) is 1. The minimum atomic E-state index is -4.05. The van der Waals surface area contributed by atoms with Crippen LogP contribution in [-0.2, 0) is 21.2 Å². The molecule has 168 valence electrons. The summed E-state index contributed by atoms with van der Waals surface area (Å²) in [6.07, 6.45) is 1.41. The zero-order chi connectivity index (χ0) is 23.1. The number of carbonyl (C=O) groups is 1. The summed E-state index contributed by atoms with van der Waals surface area (Å²) in [4.78, 5) is 13.3. The number of hydrogen-bond acceptors (Lipinski definition) is 4. The third-order valence-corrected chi connectivity index (χ3v) is 7.19. The Morgan fingerprint density at radius 3 is 2.25 bits per heavy atom. The van der Waals surface area contributed by atoms with Gasteiger partial charge in [0.15, 0.2) is 0 Å². The van der Waals surface area contributed by atoms with E-state index in [1.807, 2.05) is 44.2 Å². The van der Waals surface area contributed by atoms with Gasteiger partial charge in [-0.25, -0.2) is 12.7 Å². The Labute approximate surface area is 190 Å². The first-order chi connectivity index (χ1) is 15.3. The van der Waals surface area contributed by atoms with Gasteiger partial charge in [-0.15, -0.1) is 0 Å². The minimum absolute atomic E-state index is 0.0481. The fourth-order valence-electron chi connectivity index (χ4n) is 3.39. The number of anilines is 1. The lowest BCUT2D eigenvalue weighted by Crippen LogP contribution is -2.37. The summed E-state index contributed by atoms with van der Waals surface area (Å²) < 4.78 is 33.5. The maximum atomic E-state index is 13.4. The summed E-state index contributed by atoms with van der Waals surface area (Å²) in [6, 6.07) is 21.2. The normalized spacial score (nSPS) is 11.2. The van der Waals surface area contributed by atoms with Crippen LogP contribution in [0.2, 0.25) is 0 Å². The van der Waals surface area contributed by atoms with Crippen molar-refractivity contribution in [2.75, 3.05) is 10.9 Å². The maximum Gasteiger partial charge on any atom is 0.270 e. The number of benzene rings is 3. The summed E-state index contributed by atoms with van der Waals surface area (Å²) in [7, 11) is -4.05. The Kier molecular flexibility index (Phi) is 7.70. The molecule has 3 aromatic carbocycles. The molecule has 3 aromatic rings. The van der Waals surface area contributed by atoms with E-state index in [4.69, 9.17) is 4.74 Å². The van der Waals surface area contributed by atoms with Crippen LogP contribution in [-0.4, -0.2) is 20.9 Å². The first-order valence-corrected chi connectivity index (χ1v) is 12.2. The highest BCUT2D eigenvalue weighted by atomic mass is 32.2. The number of hydrogen-bond donors (Lipinski definition) is 0. The standard InChI is InChI=1S/C26H29NO4S/c1-4-22-15-17-23(18-16-22)31-19-9-14-26(28)27(25-13-8-10-20(2)21(25)3)32(29,30)24-11-6-5-7-12-24/h5-8,10-13,15-18H,4,9,14,19H2,1-3H3. The van der Waals surface area contributed by atoms with Gasteiger partial charge in [0.25, 0.3) is 10.0 Å². The highest BCUT2D eigenvalue weighted by Crippen LogP contribution is 2.29. The monoisotopic (exact) mass is 451 g/mol. The van der Waals surface area contributed by atoms with E-state index >= 15 is 0 Å². The molecule has 1 amide bonds. The Balaban J connectivity index is 1.78. The first kappa shape index (κ1) is 23.5. The summed E-state index contributed by atoms with van der Waals surface area (Å²) in [5, 5.41) is 0. The summed E-state index contributed by atoms with van der Waals surface area (Å²) in [5.74, 6) is 0.255. The Morgan fingerprint density at radius 2 is 1.59 bits per heavy atom. The zero-order valence-corrected chi connectivity index (χ0v) is 19.6. The first-order valence-electron chi connectivity index (χ1n) is 10.8. The van der Waals surface area contributed by atoms with Gasteiger partial charge in [-0.05, 0) is 73.7 Å². The topological polar surface area (TPSA) is 63.7 Å². The van der Waals surface area contributed by atoms with Gasteiger partial charge in [0.1, 0.15) is 5.75 Å². The lowest BCUT2D eigenvalue weighted by molar-refractivity contribution is -0.117. The van der Waals surface area contributed by atoms with Crippen molar-refractivity contribution in [3.05, 3.63) is 89.5 Å². The molecule has 0 saturated carbocycles. The van der Waals surface area contributed by atoms with Crippen LogP contribution < -0.4 is 9.04 Å². The molecule has 0 unspecified atom stereocenters. The van der Waals surface area contributed by atoms with Gasteiger partial charge in [-0.2, -0.15) is 0 Å². The number of amides is 1. The van der Waals surface area contributed by atoms with Crippen molar-refractivity contribution in [3.63, 3.8) is 0 Å². The van der Waals surface area contributed by atoms with Crippen LogP contribution in [0.15, 0.2) is 77.7 Å². The third-order valence-electron chi connectivity index (χ3n) is 5.44. The zero-order valence-electron chi connectivity index (χ0n) is 18.7. The molecule has 3 rings (SSSR count). The minimum Gasteiger partial charge on any atom is -0.494 e. The quantitative estimate of drug-likeness (QED) is 0.406.